The maximum Gasteiger partial charge on any atom is 0.340 e. The quantitative estimate of drug-likeness (QED) is 0.551. The van der Waals surface area contributed by atoms with Gasteiger partial charge in [0.25, 0.3) is 0 Å². The lowest BCUT2D eigenvalue weighted by atomic mass is 10.0. The standard InChI is InChI=1S/C22H28O7/c1-15-12-19(26-2)13-17(23)10-7-11-18(14-20(24)28-15)29-22(25)21(27-3)16-8-5-4-6-9-16/h4-9,11,15,18-19,21H,10,12-14H2,1-3H3/b11-7+/t15-,18-,19-,21-/m1/s1. The fourth-order valence-electron chi connectivity index (χ4n) is 3.16. The maximum atomic E-state index is 12.6. The Bertz CT molecular complexity index is 713. The fourth-order valence-corrected chi connectivity index (χ4v) is 3.16. The molecule has 7 heteroatoms. The monoisotopic (exact) mass is 404 g/mol. The second kappa shape index (κ2) is 11.5. The summed E-state index contributed by atoms with van der Waals surface area (Å²) >= 11 is 0. The van der Waals surface area contributed by atoms with E-state index in [0.29, 0.717) is 12.0 Å². The Labute approximate surface area is 171 Å². The van der Waals surface area contributed by atoms with Gasteiger partial charge in [-0.2, -0.15) is 0 Å². The van der Waals surface area contributed by atoms with Crippen LogP contribution in [-0.4, -0.2) is 50.3 Å². The van der Waals surface area contributed by atoms with Gasteiger partial charge in [0.15, 0.2) is 6.10 Å². The van der Waals surface area contributed by atoms with Gasteiger partial charge in [-0.05, 0) is 18.6 Å². The van der Waals surface area contributed by atoms with Crippen molar-refractivity contribution in [3.63, 3.8) is 0 Å². The molecule has 1 aliphatic rings. The van der Waals surface area contributed by atoms with Crippen molar-refractivity contribution in [3.8, 4) is 0 Å². The van der Waals surface area contributed by atoms with Gasteiger partial charge in [0.1, 0.15) is 18.0 Å². The summed E-state index contributed by atoms with van der Waals surface area (Å²) < 4.78 is 21.5. The number of ketones is 1. The number of benzene rings is 1. The zero-order chi connectivity index (χ0) is 21.2. The lowest BCUT2D eigenvalue weighted by molar-refractivity contribution is -0.163. The first-order valence-corrected chi connectivity index (χ1v) is 9.61. The van der Waals surface area contributed by atoms with E-state index in [2.05, 4.69) is 0 Å². The highest BCUT2D eigenvalue weighted by atomic mass is 16.6. The van der Waals surface area contributed by atoms with Gasteiger partial charge in [0.2, 0.25) is 0 Å². The smallest absolute Gasteiger partial charge is 0.340 e. The number of ether oxygens (including phenoxy) is 4. The molecular weight excluding hydrogens is 376 g/mol. The number of Topliss-reactive ketones (excluding diaryl/α,β-unsaturated/α-hetero) is 1. The molecule has 0 aromatic heterocycles. The molecule has 7 nitrogen and oxygen atoms in total. The highest BCUT2D eigenvalue weighted by Crippen LogP contribution is 2.20. The number of rotatable bonds is 5. The number of allylic oxidation sites excluding steroid dienone is 1. The number of methoxy groups -OCH3 is 2. The van der Waals surface area contributed by atoms with Crippen LogP contribution in [0.2, 0.25) is 0 Å². The largest absolute Gasteiger partial charge is 0.462 e. The van der Waals surface area contributed by atoms with E-state index in [1.54, 1.807) is 43.3 Å². The van der Waals surface area contributed by atoms with Crippen molar-refractivity contribution >= 4 is 17.7 Å². The second-order valence-corrected chi connectivity index (χ2v) is 6.97. The Morgan fingerprint density at radius 1 is 1.14 bits per heavy atom. The van der Waals surface area contributed by atoms with Crippen LogP contribution in [0, 0.1) is 0 Å². The minimum atomic E-state index is -0.912. The molecule has 0 bridgehead atoms. The molecule has 4 atom stereocenters. The van der Waals surface area contributed by atoms with Crippen LogP contribution in [0.15, 0.2) is 42.5 Å². The SMILES string of the molecule is CO[C@H]1CC(=O)C/C=C/[C@@H](OC(=O)[C@H](OC)c2ccccc2)CC(=O)O[C@H](C)C1. The predicted molar refractivity (Wildman–Crippen MR) is 105 cm³/mol. The lowest BCUT2D eigenvalue weighted by Gasteiger charge is -2.22. The van der Waals surface area contributed by atoms with Crippen LogP contribution < -0.4 is 0 Å². The molecule has 0 N–H and O–H groups in total. The summed E-state index contributed by atoms with van der Waals surface area (Å²) in [5, 5.41) is 0. The molecule has 0 fully saturated rings. The highest BCUT2D eigenvalue weighted by Gasteiger charge is 2.27. The molecule has 0 saturated carbocycles. The maximum absolute atomic E-state index is 12.6. The zero-order valence-electron chi connectivity index (χ0n) is 17.0. The average molecular weight is 404 g/mol. The van der Waals surface area contributed by atoms with E-state index in [1.165, 1.54) is 14.2 Å². The molecule has 1 aromatic carbocycles. The van der Waals surface area contributed by atoms with Crippen molar-refractivity contribution in [1.29, 1.82) is 0 Å². The molecule has 0 spiro atoms. The summed E-state index contributed by atoms with van der Waals surface area (Å²) in [4.78, 5) is 37.0. The van der Waals surface area contributed by atoms with Gasteiger partial charge in [-0.15, -0.1) is 0 Å². The predicted octanol–water partition coefficient (Wildman–Crippen LogP) is 2.93. The Morgan fingerprint density at radius 3 is 2.52 bits per heavy atom. The van der Waals surface area contributed by atoms with Crippen LogP contribution in [0.5, 0.6) is 0 Å². The van der Waals surface area contributed by atoms with E-state index < -0.39 is 30.3 Å². The Balaban J connectivity index is 2.12. The molecule has 0 amide bonds. The number of cyclic esters (lactones) is 1. The first kappa shape index (κ1) is 22.8. The molecule has 0 radical (unpaired) electrons. The molecule has 0 aliphatic carbocycles. The minimum absolute atomic E-state index is 0.00340. The van der Waals surface area contributed by atoms with Gasteiger partial charge in [-0.25, -0.2) is 4.79 Å². The molecule has 1 aromatic rings. The van der Waals surface area contributed by atoms with Gasteiger partial charge in [0.05, 0.1) is 12.5 Å². The van der Waals surface area contributed by atoms with Crippen LogP contribution in [-0.2, 0) is 33.3 Å². The molecule has 2 rings (SSSR count). The van der Waals surface area contributed by atoms with Crippen LogP contribution in [0.1, 0.15) is 44.3 Å². The number of hydrogen-bond donors (Lipinski definition) is 0. The molecule has 158 valence electrons. The summed E-state index contributed by atoms with van der Waals surface area (Å²) in [6, 6.07) is 8.93. The normalized spacial score (nSPS) is 25.8. The second-order valence-electron chi connectivity index (χ2n) is 6.97. The Kier molecular flexibility index (Phi) is 9.02. The molecule has 0 unspecified atom stereocenters. The van der Waals surface area contributed by atoms with E-state index >= 15 is 0 Å². The molecule has 0 saturated heterocycles. The van der Waals surface area contributed by atoms with Gasteiger partial charge < -0.3 is 18.9 Å². The summed E-state index contributed by atoms with van der Waals surface area (Å²) in [6.07, 6.45) is 1.33. The van der Waals surface area contributed by atoms with Crippen molar-refractivity contribution in [2.45, 2.75) is 57.0 Å². The van der Waals surface area contributed by atoms with Gasteiger partial charge >= 0.3 is 11.9 Å². The third kappa shape index (κ3) is 7.44. The molecule has 1 heterocycles. The van der Waals surface area contributed by atoms with Crippen LogP contribution in [0.25, 0.3) is 0 Å². The van der Waals surface area contributed by atoms with E-state index in [-0.39, 0.29) is 31.1 Å². The van der Waals surface area contributed by atoms with E-state index in [4.69, 9.17) is 18.9 Å². The summed E-state index contributed by atoms with van der Waals surface area (Å²) in [6.45, 7) is 1.74. The summed E-state index contributed by atoms with van der Waals surface area (Å²) in [5.41, 5.74) is 0.647. The lowest BCUT2D eigenvalue weighted by Crippen LogP contribution is -2.29. The Hall–Kier alpha value is -2.51. The molecular formula is C22H28O7. The third-order valence-electron chi connectivity index (χ3n) is 4.60. The van der Waals surface area contributed by atoms with Crippen molar-refractivity contribution in [3.05, 3.63) is 48.0 Å². The first-order chi connectivity index (χ1) is 13.9. The van der Waals surface area contributed by atoms with E-state index in [1.807, 2.05) is 6.07 Å². The topological polar surface area (TPSA) is 88.1 Å². The Morgan fingerprint density at radius 2 is 1.86 bits per heavy atom. The van der Waals surface area contributed by atoms with Crippen molar-refractivity contribution in [1.82, 2.24) is 0 Å². The number of esters is 2. The highest BCUT2D eigenvalue weighted by molar-refractivity contribution is 5.80. The van der Waals surface area contributed by atoms with Crippen LogP contribution >= 0.6 is 0 Å². The van der Waals surface area contributed by atoms with E-state index in [9.17, 15) is 14.4 Å². The number of hydrogen-bond acceptors (Lipinski definition) is 7. The summed E-state index contributed by atoms with van der Waals surface area (Å²) in [5.74, 6) is -1.11. The fraction of sp³-hybridized carbons (Fsp3) is 0.500. The number of carbonyl (C=O) groups excluding carboxylic acids is 3. The molecule has 1 aliphatic heterocycles. The van der Waals surface area contributed by atoms with Gasteiger partial charge in [-0.1, -0.05) is 36.4 Å². The first-order valence-electron chi connectivity index (χ1n) is 9.61. The van der Waals surface area contributed by atoms with Gasteiger partial charge in [0, 0.05) is 33.5 Å². The summed E-state index contributed by atoms with van der Waals surface area (Å²) in [7, 11) is 2.94. The van der Waals surface area contributed by atoms with E-state index in [0.717, 1.165) is 0 Å². The number of carbonyl (C=O) groups is 3. The van der Waals surface area contributed by atoms with Crippen LogP contribution in [0.3, 0.4) is 0 Å². The third-order valence-corrected chi connectivity index (χ3v) is 4.60. The van der Waals surface area contributed by atoms with Gasteiger partial charge in [-0.3, -0.25) is 9.59 Å². The average Bonchev–Trinajstić information content (AvgIpc) is 2.67. The minimum Gasteiger partial charge on any atom is -0.462 e. The van der Waals surface area contributed by atoms with Crippen molar-refractivity contribution < 1.29 is 33.3 Å². The van der Waals surface area contributed by atoms with Crippen molar-refractivity contribution in [2.75, 3.05) is 14.2 Å². The molecule has 29 heavy (non-hydrogen) atoms. The van der Waals surface area contributed by atoms with Crippen LogP contribution in [0.4, 0.5) is 0 Å². The van der Waals surface area contributed by atoms with Crippen molar-refractivity contribution in [2.24, 2.45) is 0 Å². The zero-order valence-corrected chi connectivity index (χ0v) is 17.0.